The molecule has 2 heterocycles. The Hall–Kier alpha value is -1.17. The van der Waals surface area contributed by atoms with Crippen molar-refractivity contribution in [2.24, 2.45) is 0 Å². The second kappa shape index (κ2) is 6.30. The van der Waals surface area contributed by atoms with E-state index >= 15 is 0 Å². The van der Waals surface area contributed by atoms with E-state index in [1.807, 2.05) is 36.5 Å². The van der Waals surface area contributed by atoms with Crippen LogP contribution in [0, 0.1) is 6.92 Å². The molecule has 0 aliphatic carbocycles. The van der Waals surface area contributed by atoms with Crippen molar-refractivity contribution in [1.29, 1.82) is 0 Å². The van der Waals surface area contributed by atoms with Gasteiger partial charge < -0.3 is 0 Å². The zero-order chi connectivity index (χ0) is 14.8. The number of rotatable bonds is 4. The first-order valence-electron chi connectivity index (χ1n) is 6.45. The van der Waals surface area contributed by atoms with Gasteiger partial charge in [0, 0.05) is 22.9 Å². The van der Waals surface area contributed by atoms with Crippen LogP contribution in [-0.4, -0.2) is 20.3 Å². The number of hydrogen-bond acceptors (Lipinski definition) is 4. The summed E-state index contributed by atoms with van der Waals surface area (Å²) in [6, 6.07) is 9.92. The van der Waals surface area contributed by atoms with Crippen molar-refractivity contribution in [3.63, 3.8) is 0 Å². The number of para-hydroxylation sites is 2. The average Bonchev–Trinajstić information content (AvgIpc) is 2.83. The summed E-state index contributed by atoms with van der Waals surface area (Å²) in [6.07, 6.45) is 3.93. The molecule has 0 N–H and O–H groups in total. The minimum absolute atomic E-state index is 0.698. The number of halogens is 1. The summed E-state index contributed by atoms with van der Waals surface area (Å²) in [7, 11) is 0. The Kier molecular flexibility index (Phi) is 4.42. The van der Waals surface area contributed by atoms with Gasteiger partial charge in [0.15, 0.2) is 0 Å². The van der Waals surface area contributed by atoms with E-state index in [0.717, 1.165) is 21.9 Å². The first-order valence-corrected chi connectivity index (χ1v) is 9.00. The van der Waals surface area contributed by atoms with E-state index < -0.39 is 0 Å². The van der Waals surface area contributed by atoms with Gasteiger partial charge in [-0.3, -0.25) is 0 Å². The molecule has 0 aliphatic rings. The molecule has 0 fully saturated rings. The molecule has 3 nitrogen and oxygen atoms in total. The highest BCUT2D eigenvalue weighted by Gasteiger charge is 2.11. The molecule has 3 rings (SSSR count). The van der Waals surface area contributed by atoms with E-state index in [0.29, 0.717) is 5.75 Å². The Morgan fingerprint density at radius 3 is 2.81 bits per heavy atom. The summed E-state index contributed by atoms with van der Waals surface area (Å²) in [6.45, 7) is 2.10. The van der Waals surface area contributed by atoms with Crippen LogP contribution in [0.25, 0.3) is 11.0 Å². The maximum Gasteiger partial charge on any atom is 0.135 e. The zero-order valence-electron chi connectivity index (χ0n) is 11.7. The predicted molar refractivity (Wildman–Crippen MR) is 91.3 cm³/mol. The van der Waals surface area contributed by atoms with Gasteiger partial charge in [-0.05, 0) is 36.9 Å². The summed E-state index contributed by atoms with van der Waals surface area (Å²) in [5.74, 6) is 1.54. The van der Waals surface area contributed by atoms with Crippen LogP contribution < -0.4 is 0 Å². The fraction of sp³-hybridized carbons (Fsp3) is 0.200. The largest absolute Gasteiger partial charge is 0.250 e. The van der Waals surface area contributed by atoms with Gasteiger partial charge in [0.2, 0.25) is 0 Å². The number of fused-ring (bicyclic) bond motifs is 1. The topological polar surface area (TPSA) is 30.7 Å². The van der Waals surface area contributed by atoms with Crippen LogP contribution in [0.4, 0.5) is 0 Å². The minimum Gasteiger partial charge on any atom is -0.250 e. The summed E-state index contributed by atoms with van der Waals surface area (Å²) < 4.78 is 1.64. The molecule has 0 radical (unpaired) electrons. The second-order valence-corrected chi connectivity index (χ2v) is 6.68. The standard InChI is InChI=1S/C15H14ClN3S2/c1-10-13(20-2)7-8-17-15(10)21-9-14-18-11-5-3-4-6-12(11)19(14)16/h3-8H,9H2,1-2H3. The Morgan fingerprint density at radius 1 is 1.24 bits per heavy atom. The SMILES string of the molecule is CSc1ccnc(SCc2nc3ccccc3n2Cl)c1C. The lowest BCUT2D eigenvalue weighted by Crippen LogP contribution is -1.93. The molecular weight excluding hydrogens is 322 g/mol. The van der Waals surface area contributed by atoms with Crippen LogP contribution in [0.1, 0.15) is 11.4 Å². The Labute approximate surface area is 137 Å². The van der Waals surface area contributed by atoms with Gasteiger partial charge in [0.25, 0.3) is 0 Å². The molecule has 0 bridgehead atoms. The molecule has 108 valence electrons. The molecule has 0 atom stereocenters. The molecule has 3 aromatic rings. The van der Waals surface area contributed by atoms with Crippen LogP contribution in [0.15, 0.2) is 46.5 Å². The third kappa shape index (κ3) is 2.91. The lowest BCUT2D eigenvalue weighted by Gasteiger charge is -2.07. The van der Waals surface area contributed by atoms with Gasteiger partial charge in [0.05, 0.1) is 16.8 Å². The molecule has 0 amide bonds. The van der Waals surface area contributed by atoms with Gasteiger partial charge >= 0.3 is 0 Å². The fourth-order valence-electron chi connectivity index (χ4n) is 2.14. The minimum atomic E-state index is 0.698. The zero-order valence-corrected chi connectivity index (χ0v) is 14.1. The Morgan fingerprint density at radius 2 is 2.05 bits per heavy atom. The smallest absolute Gasteiger partial charge is 0.135 e. The number of hydrogen-bond donors (Lipinski definition) is 0. The third-order valence-electron chi connectivity index (χ3n) is 3.24. The quantitative estimate of drug-likeness (QED) is 0.643. The molecule has 0 saturated heterocycles. The molecule has 1 aromatic carbocycles. The van der Waals surface area contributed by atoms with Crippen molar-refractivity contribution >= 4 is 46.3 Å². The first kappa shape index (κ1) is 14.8. The Balaban J connectivity index is 1.85. The van der Waals surface area contributed by atoms with E-state index in [2.05, 4.69) is 23.1 Å². The maximum atomic E-state index is 6.34. The highest BCUT2D eigenvalue weighted by atomic mass is 35.5. The van der Waals surface area contributed by atoms with Gasteiger partial charge in [-0.2, -0.15) is 0 Å². The summed E-state index contributed by atoms with van der Waals surface area (Å²) in [4.78, 5) is 10.3. The second-order valence-electron chi connectivity index (χ2n) is 4.53. The van der Waals surface area contributed by atoms with Crippen molar-refractivity contribution in [1.82, 2.24) is 14.1 Å². The van der Waals surface area contributed by atoms with E-state index in [1.54, 1.807) is 27.6 Å². The van der Waals surface area contributed by atoms with Gasteiger partial charge in [-0.25, -0.2) is 14.1 Å². The van der Waals surface area contributed by atoms with Crippen molar-refractivity contribution in [3.8, 4) is 0 Å². The van der Waals surface area contributed by atoms with Gasteiger partial charge in [0.1, 0.15) is 10.9 Å². The predicted octanol–water partition coefficient (Wildman–Crippen LogP) is 4.76. The fourth-order valence-corrected chi connectivity index (χ4v) is 4.03. The molecular formula is C15H14ClN3S2. The molecule has 0 saturated carbocycles. The van der Waals surface area contributed by atoms with E-state index in [1.165, 1.54) is 10.5 Å². The number of benzene rings is 1. The van der Waals surface area contributed by atoms with Crippen LogP contribution >= 0.6 is 35.3 Å². The molecule has 0 aliphatic heterocycles. The number of pyridine rings is 1. The van der Waals surface area contributed by atoms with E-state index in [9.17, 15) is 0 Å². The number of aromatic nitrogens is 3. The van der Waals surface area contributed by atoms with Crippen LogP contribution in [0.3, 0.4) is 0 Å². The molecule has 0 spiro atoms. The normalized spacial score (nSPS) is 11.2. The highest BCUT2D eigenvalue weighted by molar-refractivity contribution is 7.99. The monoisotopic (exact) mass is 335 g/mol. The van der Waals surface area contributed by atoms with Crippen LogP contribution in [0.2, 0.25) is 0 Å². The van der Waals surface area contributed by atoms with Gasteiger partial charge in [-0.1, -0.05) is 23.9 Å². The summed E-state index contributed by atoms with van der Waals surface area (Å²) in [5.41, 5.74) is 3.08. The molecule has 2 aromatic heterocycles. The molecule has 21 heavy (non-hydrogen) atoms. The summed E-state index contributed by atoms with van der Waals surface area (Å²) in [5, 5.41) is 1.03. The van der Waals surface area contributed by atoms with E-state index in [-0.39, 0.29) is 0 Å². The number of imidazole rings is 1. The lowest BCUT2D eigenvalue weighted by atomic mass is 10.3. The van der Waals surface area contributed by atoms with E-state index in [4.69, 9.17) is 11.8 Å². The lowest BCUT2D eigenvalue weighted by molar-refractivity contribution is 1.02. The summed E-state index contributed by atoms with van der Waals surface area (Å²) >= 11 is 9.74. The number of thioether (sulfide) groups is 2. The average molecular weight is 336 g/mol. The van der Waals surface area contributed by atoms with Crippen LogP contribution in [-0.2, 0) is 5.75 Å². The Bertz CT molecular complexity index is 786. The van der Waals surface area contributed by atoms with Crippen LogP contribution in [0.5, 0.6) is 0 Å². The third-order valence-corrected chi connectivity index (χ3v) is 5.58. The molecule has 0 unspecified atom stereocenters. The van der Waals surface area contributed by atoms with Crippen molar-refractivity contribution in [2.45, 2.75) is 22.6 Å². The molecule has 6 heteroatoms. The maximum absolute atomic E-state index is 6.34. The highest BCUT2D eigenvalue weighted by Crippen LogP contribution is 2.30. The number of nitrogens with zero attached hydrogens (tertiary/aromatic N) is 3. The van der Waals surface area contributed by atoms with Gasteiger partial charge in [-0.15, -0.1) is 11.8 Å². The van der Waals surface area contributed by atoms with Crippen molar-refractivity contribution in [2.75, 3.05) is 6.26 Å². The first-order chi connectivity index (χ1) is 10.2. The van der Waals surface area contributed by atoms with Crippen molar-refractivity contribution in [3.05, 3.63) is 47.9 Å². The van der Waals surface area contributed by atoms with Crippen molar-refractivity contribution < 1.29 is 0 Å².